The van der Waals surface area contributed by atoms with Gasteiger partial charge in [0.25, 0.3) is 0 Å². The van der Waals surface area contributed by atoms with Crippen LogP contribution in [0.3, 0.4) is 0 Å². The third-order valence-electron chi connectivity index (χ3n) is 2.90. The van der Waals surface area contributed by atoms with Crippen LogP contribution in [0.5, 0.6) is 5.75 Å². The van der Waals surface area contributed by atoms with E-state index in [0.717, 1.165) is 21.3 Å². The maximum Gasteiger partial charge on any atom is 0.300 e. The third-order valence-corrected chi connectivity index (χ3v) is 3.39. The largest absolute Gasteiger partial charge is 0.489 e. The zero-order valence-corrected chi connectivity index (χ0v) is 12.8. The van der Waals surface area contributed by atoms with Gasteiger partial charge in [0.15, 0.2) is 5.76 Å². The molecule has 0 radical (unpaired) electrons. The molecule has 0 aliphatic carbocycles. The van der Waals surface area contributed by atoms with Gasteiger partial charge in [0.1, 0.15) is 18.1 Å². The van der Waals surface area contributed by atoms with Gasteiger partial charge in [-0.1, -0.05) is 15.9 Å². The van der Waals surface area contributed by atoms with Crippen LogP contribution in [0.2, 0.25) is 0 Å². The molecule has 0 fully saturated rings. The molecule has 106 valence electrons. The van der Waals surface area contributed by atoms with Gasteiger partial charge in [0.2, 0.25) is 0 Å². The Hall–Kier alpha value is -1.79. The number of ether oxygens (including phenoxy) is 1. The molecule has 0 aliphatic heterocycles. The number of benzene rings is 1. The van der Waals surface area contributed by atoms with Crippen LogP contribution in [0.15, 0.2) is 33.2 Å². The smallest absolute Gasteiger partial charge is 0.300 e. The molecule has 2 aromatic rings. The monoisotopic (exact) mass is 338 g/mol. The number of carbonyl (C=O) groups excluding carboxylic acids is 1. The average molecular weight is 339 g/mol. The highest BCUT2D eigenvalue weighted by molar-refractivity contribution is 9.10. The molecule has 6 heteroatoms. The molecule has 1 aromatic carbocycles. The number of nitrogens with two attached hydrogens (primary N) is 1. The highest BCUT2D eigenvalue weighted by Crippen LogP contribution is 2.24. The van der Waals surface area contributed by atoms with E-state index in [1.54, 1.807) is 13.0 Å². The number of furan rings is 1. The maximum atomic E-state index is 11.4. The van der Waals surface area contributed by atoms with E-state index in [2.05, 4.69) is 15.9 Å². The zero-order chi connectivity index (χ0) is 14.7. The quantitative estimate of drug-likeness (QED) is 0.510. The Morgan fingerprint density at radius 1 is 1.40 bits per heavy atom. The molecule has 5 nitrogen and oxygen atoms in total. The van der Waals surface area contributed by atoms with Crippen molar-refractivity contribution in [2.45, 2.75) is 20.5 Å². The summed E-state index contributed by atoms with van der Waals surface area (Å²) >= 11 is 3.40. The van der Waals surface area contributed by atoms with Crippen LogP contribution in [0.25, 0.3) is 0 Å². The first-order valence-electron chi connectivity index (χ1n) is 6.00. The first-order valence-corrected chi connectivity index (χ1v) is 6.79. The number of rotatable bonds is 4. The lowest BCUT2D eigenvalue weighted by Gasteiger charge is -2.08. The summed E-state index contributed by atoms with van der Waals surface area (Å²) in [6.07, 6.45) is 0. The lowest BCUT2D eigenvalue weighted by atomic mass is 10.2. The van der Waals surface area contributed by atoms with Crippen LogP contribution >= 0.6 is 15.9 Å². The van der Waals surface area contributed by atoms with Crippen molar-refractivity contribution >= 4 is 21.8 Å². The second kappa shape index (κ2) is 6.11. The molecule has 0 spiro atoms. The molecule has 1 amide bonds. The van der Waals surface area contributed by atoms with Crippen molar-refractivity contribution in [3.05, 3.63) is 51.4 Å². The maximum absolute atomic E-state index is 11.4. The Balaban J connectivity index is 2.11. The van der Waals surface area contributed by atoms with Crippen LogP contribution in [0, 0.1) is 13.8 Å². The lowest BCUT2D eigenvalue weighted by Crippen LogP contribution is -2.29. The summed E-state index contributed by atoms with van der Waals surface area (Å²) in [5.74, 6) is 6.21. The standard InChI is InChI=1S/C14H15BrN2O3/c1-8-5-11(15)3-4-12(8)19-7-10-6-13(14(18)17-16)20-9(10)2/h3-6H,7,16H2,1-2H3,(H,17,18). The van der Waals surface area contributed by atoms with Gasteiger partial charge in [-0.3, -0.25) is 10.2 Å². The summed E-state index contributed by atoms with van der Waals surface area (Å²) in [5, 5.41) is 0. The van der Waals surface area contributed by atoms with Gasteiger partial charge >= 0.3 is 5.91 Å². The summed E-state index contributed by atoms with van der Waals surface area (Å²) in [4.78, 5) is 11.4. The Labute approximate surface area is 125 Å². The molecular weight excluding hydrogens is 324 g/mol. The van der Waals surface area contributed by atoms with E-state index in [1.807, 2.05) is 30.5 Å². The summed E-state index contributed by atoms with van der Waals surface area (Å²) in [7, 11) is 0. The SMILES string of the molecule is Cc1cc(Br)ccc1OCc1cc(C(=O)NN)oc1C. The van der Waals surface area contributed by atoms with Gasteiger partial charge in [-0.05, 0) is 43.7 Å². The second-order valence-corrected chi connectivity index (χ2v) is 5.28. The number of hydrogen-bond donors (Lipinski definition) is 2. The van der Waals surface area contributed by atoms with Crippen molar-refractivity contribution in [2.75, 3.05) is 0 Å². The molecule has 1 aromatic heterocycles. The van der Waals surface area contributed by atoms with Crippen molar-refractivity contribution in [3.63, 3.8) is 0 Å². The van der Waals surface area contributed by atoms with E-state index >= 15 is 0 Å². The molecule has 0 atom stereocenters. The fourth-order valence-corrected chi connectivity index (χ4v) is 2.25. The van der Waals surface area contributed by atoms with Gasteiger partial charge in [0, 0.05) is 10.0 Å². The van der Waals surface area contributed by atoms with E-state index < -0.39 is 5.91 Å². The number of halogens is 1. The second-order valence-electron chi connectivity index (χ2n) is 4.36. The van der Waals surface area contributed by atoms with Crippen molar-refractivity contribution in [3.8, 4) is 5.75 Å². The Kier molecular flexibility index (Phi) is 4.46. The van der Waals surface area contributed by atoms with Crippen LogP contribution in [-0.2, 0) is 6.61 Å². The van der Waals surface area contributed by atoms with E-state index in [0.29, 0.717) is 12.4 Å². The normalized spacial score (nSPS) is 10.4. The van der Waals surface area contributed by atoms with Gasteiger partial charge < -0.3 is 9.15 Å². The Morgan fingerprint density at radius 2 is 2.15 bits per heavy atom. The molecule has 0 aliphatic rings. The van der Waals surface area contributed by atoms with Crippen molar-refractivity contribution in [1.82, 2.24) is 5.43 Å². The number of amides is 1. The summed E-state index contributed by atoms with van der Waals surface area (Å²) < 4.78 is 12.1. The third kappa shape index (κ3) is 3.20. The molecule has 0 saturated heterocycles. The minimum atomic E-state index is -0.459. The van der Waals surface area contributed by atoms with Gasteiger partial charge in [0.05, 0.1) is 0 Å². The summed E-state index contributed by atoms with van der Waals surface area (Å²) in [5.41, 5.74) is 3.87. The number of hydrogen-bond acceptors (Lipinski definition) is 4. The highest BCUT2D eigenvalue weighted by atomic mass is 79.9. The van der Waals surface area contributed by atoms with Crippen LogP contribution in [-0.4, -0.2) is 5.91 Å². The van der Waals surface area contributed by atoms with Gasteiger partial charge in [-0.2, -0.15) is 0 Å². The number of nitrogen functional groups attached to an aromatic ring is 1. The van der Waals surface area contributed by atoms with E-state index in [1.165, 1.54) is 0 Å². The first-order chi connectivity index (χ1) is 9.51. The van der Waals surface area contributed by atoms with E-state index in [4.69, 9.17) is 15.0 Å². The van der Waals surface area contributed by atoms with Crippen molar-refractivity contribution < 1.29 is 13.9 Å². The molecule has 3 N–H and O–H groups in total. The number of aryl methyl sites for hydroxylation is 2. The number of nitrogens with one attached hydrogen (secondary N) is 1. The predicted octanol–water partition coefficient (Wildman–Crippen LogP) is 2.84. The number of carbonyl (C=O) groups is 1. The minimum Gasteiger partial charge on any atom is -0.489 e. The molecular formula is C14H15BrN2O3. The van der Waals surface area contributed by atoms with E-state index in [-0.39, 0.29) is 5.76 Å². The molecule has 1 heterocycles. The van der Waals surface area contributed by atoms with Crippen LogP contribution in [0.1, 0.15) is 27.4 Å². The molecule has 0 saturated carbocycles. The lowest BCUT2D eigenvalue weighted by molar-refractivity contribution is 0.0924. The van der Waals surface area contributed by atoms with Crippen molar-refractivity contribution in [1.29, 1.82) is 0 Å². The van der Waals surface area contributed by atoms with Crippen LogP contribution < -0.4 is 16.0 Å². The molecule has 2 rings (SSSR count). The Bertz CT molecular complexity index is 637. The fourth-order valence-electron chi connectivity index (χ4n) is 1.78. The fraction of sp³-hybridized carbons (Fsp3) is 0.214. The van der Waals surface area contributed by atoms with Crippen LogP contribution in [0.4, 0.5) is 0 Å². The zero-order valence-electron chi connectivity index (χ0n) is 11.2. The summed E-state index contributed by atoms with van der Waals surface area (Å²) in [6, 6.07) is 7.41. The topological polar surface area (TPSA) is 77.5 Å². The van der Waals surface area contributed by atoms with E-state index in [9.17, 15) is 4.79 Å². The first kappa shape index (κ1) is 14.6. The average Bonchev–Trinajstić information content (AvgIpc) is 2.78. The van der Waals surface area contributed by atoms with Crippen molar-refractivity contribution in [2.24, 2.45) is 5.84 Å². The molecule has 0 unspecified atom stereocenters. The van der Waals surface area contributed by atoms with Gasteiger partial charge in [-0.25, -0.2) is 5.84 Å². The number of hydrazine groups is 1. The Morgan fingerprint density at radius 3 is 2.80 bits per heavy atom. The predicted molar refractivity (Wildman–Crippen MR) is 78.3 cm³/mol. The molecule has 20 heavy (non-hydrogen) atoms. The van der Waals surface area contributed by atoms with Gasteiger partial charge in [-0.15, -0.1) is 0 Å². The summed E-state index contributed by atoms with van der Waals surface area (Å²) in [6.45, 7) is 4.08. The molecule has 0 bridgehead atoms. The minimum absolute atomic E-state index is 0.177. The highest BCUT2D eigenvalue weighted by Gasteiger charge is 2.14.